The lowest BCUT2D eigenvalue weighted by Crippen LogP contribution is -1.95. The largest absolute Gasteiger partial charge is 0.490 e. The average Bonchev–Trinajstić information content (AvgIpc) is 2.29. The third kappa shape index (κ3) is 2.42. The molecule has 0 aromatic heterocycles. The van der Waals surface area contributed by atoms with Crippen LogP contribution in [0, 0.1) is 0 Å². The first-order valence-electron chi connectivity index (χ1n) is 4.49. The van der Waals surface area contributed by atoms with Gasteiger partial charge in [-0.2, -0.15) is 0 Å². The minimum Gasteiger partial charge on any atom is -0.490 e. The first kappa shape index (κ1) is 11.8. The molecule has 0 atom stereocenters. The van der Waals surface area contributed by atoms with E-state index in [1.165, 1.54) is 31.8 Å². The highest BCUT2D eigenvalue weighted by Gasteiger charge is 2.13. The van der Waals surface area contributed by atoms with E-state index in [9.17, 15) is 4.79 Å². The van der Waals surface area contributed by atoms with Gasteiger partial charge in [0.15, 0.2) is 11.5 Å². The number of methoxy groups -OCH3 is 1. The summed E-state index contributed by atoms with van der Waals surface area (Å²) in [5.74, 6) is 1.10. The van der Waals surface area contributed by atoms with Crippen molar-refractivity contribution in [1.82, 2.24) is 0 Å². The summed E-state index contributed by atoms with van der Waals surface area (Å²) in [6, 6.07) is 3.06. The molecular formula is C12H12O4. The van der Waals surface area contributed by atoms with Gasteiger partial charge in [0.1, 0.15) is 6.29 Å². The molecule has 1 aromatic rings. The molecule has 0 spiro atoms. The van der Waals surface area contributed by atoms with Crippen molar-refractivity contribution >= 4 is 6.29 Å². The maximum atomic E-state index is 10.7. The first-order chi connectivity index (χ1) is 7.76. The van der Waals surface area contributed by atoms with Gasteiger partial charge in [-0.25, -0.2) is 0 Å². The lowest BCUT2D eigenvalue weighted by atomic mass is 10.2. The topological polar surface area (TPSA) is 44.8 Å². The van der Waals surface area contributed by atoms with Gasteiger partial charge in [-0.15, -0.1) is 0 Å². The normalized spacial score (nSPS) is 9.06. The molecule has 0 aliphatic carbocycles. The zero-order chi connectivity index (χ0) is 12.0. The van der Waals surface area contributed by atoms with Gasteiger partial charge < -0.3 is 14.2 Å². The van der Waals surface area contributed by atoms with Crippen LogP contribution in [-0.2, 0) is 0 Å². The molecule has 0 bridgehead atoms. The Morgan fingerprint density at radius 2 is 1.62 bits per heavy atom. The van der Waals surface area contributed by atoms with Gasteiger partial charge in [-0.05, 0) is 12.1 Å². The molecule has 0 amide bonds. The number of hydrogen-bond donors (Lipinski definition) is 0. The second-order valence-electron chi connectivity index (χ2n) is 2.74. The van der Waals surface area contributed by atoms with E-state index >= 15 is 0 Å². The highest BCUT2D eigenvalue weighted by Crippen LogP contribution is 2.38. The van der Waals surface area contributed by atoms with E-state index in [2.05, 4.69) is 13.2 Å². The first-order valence-corrected chi connectivity index (χ1v) is 4.49. The lowest BCUT2D eigenvalue weighted by Gasteiger charge is -2.12. The van der Waals surface area contributed by atoms with E-state index in [4.69, 9.17) is 14.2 Å². The van der Waals surface area contributed by atoms with Crippen molar-refractivity contribution in [2.24, 2.45) is 0 Å². The van der Waals surface area contributed by atoms with Crippen LogP contribution in [0.3, 0.4) is 0 Å². The van der Waals surface area contributed by atoms with Crippen molar-refractivity contribution in [2.45, 2.75) is 0 Å². The quantitative estimate of drug-likeness (QED) is 0.546. The summed E-state index contributed by atoms with van der Waals surface area (Å²) < 4.78 is 15.4. The van der Waals surface area contributed by atoms with Crippen LogP contribution in [0.1, 0.15) is 10.4 Å². The molecule has 0 heterocycles. The fourth-order valence-corrected chi connectivity index (χ4v) is 1.22. The van der Waals surface area contributed by atoms with E-state index < -0.39 is 0 Å². The van der Waals surface area contributed by atoms with Crippen LogP contribution in [0.25, 0.3) is 0 Å². The highest BCUT2D eigenvalue weighted by molar-refractivity contribution is 5.78. The Labute approximate surface area is 93.7 Å². The number of carbonyl (C=O) groups excluding carboxylic acids is 1. The van der Waals surface area contributed by atoms with Crippen molar-refractivity contribution in [3.8, 4) is 17.2 Å². The fraction of sp³-hybridized carbons (Fsp3) is 0.0833. The Kier molecular flexibility index (Phi) is 4.15. The minimum absolute atomic E-state index is 0.360. The number of rotatable bonds is 6. The summed E-state index contributed by atoms with van der Waals surface area (Å²) >= 11 is 0. The van der Waals surface area contributed by atoms with Crippen molar-refractivity contribution in [3.05, 3.63) is 43.4 Å². The number of carbonyl (C=O) groups is 1. The predicted octanol–water partition coefficient (Wildman–Crippen LogP) is 2.55. The van der Waals surface area contributed by atoms with Crippen LogP contribution in [0.15, 0.2) is 37.8 Å². The summed E-state index contributed by atoms with van der Waals surface area (Å²) in [6.45, 7) is 6.87. The maximum absolute atomic E-state index is 10.7. The molecule has 1 rings (SSSR count). The summed E-state index contributed by atoms with van der Waals surface area (Å²) in [4.78, 5) is 10.7. The molecule has 0 saturated heterocycles. The van der Waals surface area contributed by atoms with Crippen LogP contribution < -0.4 is 14.2 Å². The molecule has 0 fully saturated rings. The number of ether oxygens (including phenoxy) is 3. The Balaban J connectivity index is 3.32. The average molecular weight is 220 g/mol. The molecular weight excluding hydrogens is 208 g/mol. The molecule has 0 N–H and O–H groups in total. The smallest absolute Gasteiger partial charge is 0.204 e. The van der Waals surface area contributed by atoms with E-state index in [1.807, 2.05) is 0 Å². The van der Waals surface area contributed by atoms with Crippen molar-refractivity contribution in [1.29, 1.82) is 0 Å². The summed E-state index contributed by atoms with van der Waals surface area (Å²) in [6.07, 6.45) is 3.17. The summed E-state index contributed by atoms with van der Waals surface area (Å²) in [5, 5.41) is 0. The van der Waals surface area contributed by atoms with Gasteiger partial charge in [0, 0.05) is 5.56 Å². The number of hydrogen-bond acceptors (Lipinski definition) is 4. The Hall–Kier alpha value is -2.23. The second kappa shape index (κ2) is 5.60. The molecule has 4 nitrogen and oxygen atoms in total. The Morgan fingerprint density at radius 3 is 1.94 bits per heavy atom. The minimum atomic E-state index is 0.360. The third-order valence-corrected chi connectivity index (χ3v) is 1.80. The van der Waals surface area contributed by atoms with Gasteiger partial charge in [0.05, 0.1) is 19.6 Å². The molecule has 0 aliphatic heterocycles. The van der Waals surface area contributed by atoms with Crippen LogP contribution in [0.4, 0.5) is 0 Å². The second-order valence-corrected chi connectivity index (χ2v) is 2.74. The zero-order valence-electron chi connectivity index (χ0n) is 8.93. The van der Waals surface area contributed by atoms with Gasteiger partial charge in [-0.3, -0.25) is 4.79 Å². The molecule has 0 unspecified atom stereocenters. The lowest BCUT2D eigenvalue weighted by molar-refractivity contribution is 0.112. The van der Waals surface area contributed by atoms with Crippen LogP contribution >= 0.6 is 0 Å². The fourth-order valence-electron chi connectivity index (χ4n) is 1.22. The maximum Gasteiger partial charge on any atom is 0.204 e. The predicted molar refractivity (Wildman–Crippen MR) is 60.0 cm³/mol. The summed E-state index contributed by atoms with van der Waals surface area (Å²) in [7, 11) is 1.47. The van der Waals surface area contributed by atoms with Crippen molar-refractivity contribution in [2.75, 3.05) is 7.11 Å². The molecule has 16 heavy (non-hydrogen) atoms. The van der Waals surface area contributed by atoms with Crippen molar-refractivity contribution in [3.63, 3.8) is 0 Å². The third-order valence-electron chi connectivity index (χ3n) is 1.80. The van der Waals surface area contributed by atoms with E-state index in [0.717, 1.165) is 0 Å². The molecule has 4 heteroatoms. The van der Waals surface area contributed by atoms with E-state index in [1.54, 1.807) is 0 Å². The van der Waals surface area contributed by atoms with Gasteiger partial charge >= 0.3 is 0 Å². The van der Waals surface area contributed by atoms with E-state index in [0.29, 0.717) is 29.1 Å². The van der Waals surface area contributed by atoms with E-state index in [-0.39, 0.29) is 0 Å². The van der Waals surface area contributed by atoms with Crippen LogP contribution in [0.2, 0.25) is 0 Å². The van der Waals surface area contributed by atoms with Crippen LogP contribution in [-0.4, -0.2) is 13.4 Å². The Morgan fingerprint density at radius 1 is 1.12 bits per heavy atom. The van der Waals surface area contributed by atoms with Crippen molar-refractivity contribution < 1.29 is 19.0 Å². The highest BCUT2D eigenvalue weighted by atomic mass is 16.5. The molecule has 0 radical (unpaired) electrons. The molecule has 0 aliphatic rings. The zero-order valence-corrected chi connectivity index (χ0v) is 8.93. The Bertz CT molecular complexity index is 378. The van der Waals surface area contributed by atoms with Gasteiger partial charge in [-0.1, -0.05) is 13.2 Å². The number of aldehydes is 1. The van der Waals surface area contributed by atoms with Gasteiger partial charge in [0.25, 0.3) is 0 Å². The molecule has 84 valence electrons. The monoisotopic (exact) mass is 220 g/mol. The molecule has 1 aromatic carbocycles. The van der Waals surface area contributed by atoms with Gasteiger partial charge in [0.2, 0.25) is 5.75 Å². The van der Waals surface area contributed by atoms with Crippen LogP contribution in [0.5, 0.6) is 17.2 Å². The standard InChI is InChI=1S/C12H12O4/c1-4-15-10-6-9(8-13)7-11(16-5-2)12(10)14-3/h4-8H,1-2H2,3H3. The SMILES string of the molecule is C=COc1cc(C=O)cc(OC=C)c1OC. The molecule has 0 saturated carbocycles. The summed E-state index contributed by atoms with van der Waals surface area (Å²) in [5.41, 5.74) is 0.412. The number of benzene rings is 1.